The lowest BCUT2D eigenvalue weighted by atomic mass is 9.71. The fourth-order valence-electron chi connectivity index (χ4n) is 7.38. The third kappa shape index (κ3) is 1.55. The highest BCUT2D eigenvalue weighted by atomic mass is 127. The fraction of sp³-hybridized carbons (Fsp3) is 0.588. The number of hydrogen-bond acceptors (Lipinski definition) is 6. The number of benzene rings is 1. The molecule has 6 bridgehead atoms. The summed E-state index contributed by atoms with van der Waals surface area (Å²) in [5.41, 5.74) is 3.72. The van der Waals surface area contributed by atoms with Gasteiger partial charge in [-0.05, 0) is 48.0 Å². The lowest BCUT2D eigenvalue weighted by Gasteiger charge is -2.32. The first kappa shape index (κ1) is 15.3. The average molecular weight is 466 g/mol. The summed E-state index contributed by atoms with van der Waals surface area (Å²) >= 11 is 2.65. The molecule has 1 aromatic carbocycles. The topological polar surface area (TPSA) is 111 Å². The molecule has 6 aliphatic rings. The van der Waals surface area contributed by atoms with Crippen molar-refractivity contribution in [2.24, 2.45) is 52.4 Å². The highest BCUT2D eigenvalue weighted by molar-refractivity contribution is 14.1. The Kier molecular flexibility index (Phi) is 2.78. The molecule has 26 heavy (non-hydrogen) atoms. The first-order chi connectivity index (χ1) is 12.5. The second-order valence-electron chi connectivity index (χ2n) is 8.23. The SMILES string of the molecule is O=[N+]([O-])c1ccc(N/N=C2\[C@H]3[C@@H]4C[C@H]5[C@H]3[C@@H]3[C@H](I)[C@@H]5[C@H]4[C@@H]23)c([N+](=O)[O-])c1. The first-order valence-electron chi connectivity index (χ1n) is 8.89. The lowest BCUT2D eigenvalue weighted by Crippen LogP contribution is -2.30. The van der Waals surface area contributed by atoms with Crippen molar-refractivity contribution >= 4 is 45.4 Å². The molecule has 0 amide bonds. The Balaban J connectivity index is 1.35. The van der Waals surface area contributed by atoms with Crippen LogP contribution in [0.15, 0.2) is 23.3 Å². The van der Waals surface area contributed by atoms with Crippen molar-refractivity contribution in [3.05, 3.63) is 38.4 Å². The molecule has 7 rings (SSSR count). The Bertz CT molecular complexity index is 918. The molecule has 9 heteroatoms. The molecule has 0 aromatic heterocycles. The molecule has 8 nitrogen and oxygen atoms in total. The second kappa shape index (κ2) is 4.73. The Morgan fingerprint density at radius 1 is 1.04 bits per heavy atom. The highest BCUT2D eigenvalue weighted by Crippen LogP contribution is 2.82. The number of hydrogen-bond donors (Lipinski definition) is 1. The quantitative estimate of drug-likeness (QED) is 0.316. The van der Waals surface area contributed by atoms with Gasteiger partial charge < -0.3 is 0 Å². The van der Waals surface area contributed by atoms with E-state index < -0.39 is 9.85 Å². The van der Waals surface area contributed by atoms with E-state index in [0.29, 0.717) is 11.8 Å². The maximum absolute atomic E-state index is 11.3. The van der Waals surface area contributed by atoms with Crippen LogP contribution in [0.25, 0.3) is 0 Å². The summed E-state index contributed by atoms with van der Waals surface area (Å²) in [6.07, 6.45) is 1.34. The molecule has 0 heterocycles. The Morgan fingerprint density at radius 2 is 1.81 bits per heavy atom. The predicted octanol–water partition coefficient (Wildman–Crippen LogP) is 3.46. The third-order valence-corrected chi connectivity index (χ3v) is 9.40. The largest absolute Gasteiger partial charge is 0.301 e. The van der Waals surface area contributed by atoms with E-state index in [1.165, 1.54) is 24.3 Å². The Labute approximate surface area is 161 Å². The van der Waals surface area contributed by atoms with Crippen molar-refractivity contribution in [1.82, 2.24) is 0 Å². The number of non-ortho nitro benzene ring substituents is 1. The van der Waals surface area contributed by atoms with Crippen LogP contribution in [0.4, 0.5) is 17.1 Å². The number of anilines is 1. The summed E-state index contributed by atoms with van der Waals surface area (Å²) in [6, 6.07) is 3.65. The molecule has 0 radical (unpaired) electrons. The summed E-state index contributed by atoms with van der Waals surface area (Å²) in [5.74, 6) is 5.89. The standard InChI is InChI=1S/C17H15IN4O4/c18-16-12-6-4-7-10(12)15-14(16)11(6)13(7)17(15)20-19-8-2-1-5(21(23)24)3-9(8)22(25)26/h1-3,6-7,10-16,19H,4H2/b20-17+/t6-,7+,10-,11+,12-,13-,14-,15+,16+/m0/s1. The van der Waals surface area contributed by atoms with Crippen molar-refractivity contribution in [2.75, 3.05) is 5.43 Å². The van der Waals surface area contributed by atoms with Gasteiger partial charge in [0.1, 0.15) is 5.69 Å². The van der Waals surface area contributed by atoms with Crippen molar-refractivity contribution in [3.8, 4) is 0 Å². The van der Waals surface area contributed by atoms with Crippen molar-refractivity contribution in [2.45, 2.75) is 10.3 Å². The van der Waals surface area contributed by atoms with Crippen LogP contribution in [0.1, 0.15) is 6.42 Å². The van der Waals surface area contributed by atoms with Gasteiger partial charge in [0.05, 0.1) is 15.9 Å². The van der Waals surface area contributed by atoms with Crippen LogP contribution >= 0.6 is 22.6 Å². The molecule has 1 aromatic rings. The van der Waals surface area contributed by atoms with Crippen LogP contribution in [0.2, 0.25) is 0 Å². The first-order valence-corrected chi connectivity index (χ1v) is 10.1. The van der Waals surface area contributed by atoms with Gasteiger partial charge in [-0.1, -0.05) is 22.6 Å². The number of hydrazone groups is 1. The van der Waals surface area contributed by atoms with Gasteiger partial charge in [0.15, 0.2) is 0 Å². The minimum atomic E-state index is -0.626. The monoisotopic (exact) mass is 466 g/mol. The van der Waals surface area contributed by atoms with E-state index in [-0.39, 0.29) is 17.1 Å². The zero-order chi connectivity index (χ0) is 17.9. The Morgan fingerprint density at radius 3 is 2.50 bits per heavy atom. The number of nitrogens with one attached hydrogen (secondary N) is 1. The third-order valence-electron chi connectivity index (χ3n) is 7.73. The van der Waals surface area contributed by atoms with Gasteiger partial charge in [-0.2, -0.15) is 5.10 Å². The molecular formula is C17H15IN4O4. The van der Waals surface area contributed by atoms with Gasteiger partial charge in [0.2, 0.25) is 0 Å². The molecular weight excluding hydrogens is 451 g/mol. The summed E-state index contributed by atoms with van der Waals surface area (Å²) < 4.78 is 0.758. The predicted molar refractivity (Wildman–Crippen MR) is 101 cm³/mol. The van der Waals surface area contributed by atoms with E-state index >= 15 is 0 Å². The minimum absolute atomic E-state index is 0.220. The summed E-state index contributed by atoms with van der Waals surface area (Å²) in [6.45, 7) is 0. The maximum atomic E-state index is 11.3. The zero-order valence-electron chi connectivity index (χ0n) is 13.5. The number of nitro groups is 2. The van der Waals surface area contributed by atoms with Gasteiger partial charge in [-0.3, -0.25) is 25.7 Å². The summed E-state index contributed by atoms with van der Waals surface area (Å²) in [4.78, 5) is 20.9. The molecule has 6 aliphatic carbocycles. The van der Waals surface area contributed by atoms with E-state index in [2.05, 4.69) is 33.1 Å². The van der Waals surface area contributed by atoms with Crippen molar-refractivity contribution in [1.29, 1.82) is 0 Å². The van der Waals surface area contributed by atoms with Gasteiger partial charge in [-0.25, -0.2) is 0 Å². The van der Waals surface area contributed by atoms with E-state index in [9.17, 15) is 20.2 Å². The van der Waals surface area contributed by atoms with Gasteiger partial charge in [0.25, 0.3) is 5.69 Å². The van der Waals surface area contributed by atoms with Crippen molar-refractivity contribution in [3.63, 3.8) is 0 Å². The molecule has 6 saturated carbocycles. The molecule has 0 unspecified atom stereocenters. The molecule has 1 N–H and O–H groups in total. The molecule has 0 saturated heterocycles. The smallest absolute Gasteiger partial charge is 0.272 e. The number of halogens is 1. The normalized spacial score (nSPS) is 46.8. The summed E-state index contributed by atoms with van der Waals surface area (Å²) in [7, 11) is 0. The van der Waals surface area contributed by atoms with Crippen LogP contribution in [0, 0.1) is 67.6 Å². The van der Waals surface area contributed by atoms with E-state index in [4.69, 9.17) is 0 Å². The van der Waals surface area contributed by atoms with E-state index in [1.807, 2.05) is 0 Å². The fourth-order valence-corrected chi connectivity index (χ4v) is 9.32. The number of nitrogens with zero attached hydrogens (tertiary/aromatic N) is 3. The number of rotatable bonds is 4. The maximum Gasteiger partial charge on any atom is 0.301 e. The van der Waals surface area contributed by atoms with Gasteiger partial charge >= 0.3 is 5.69 Å². The van der Waals surface area contributed by atoms with Crippen molar-refractivity contribution < 1.29 is 9.85 Å². The van der Waals surface area contributed by atoms with E-state index in [1.54, 1.807) is 0 Å². The molecule has 134 valence electrons. The van der Waals surface area contributed by atoms with Crippen LogP contribution in [0.3, 0.4) is 0 Å². The Hall–Kier alpha value is -1.78. The van der Waals surface area contributed by atoms with E-state index in [0.717, 1.165) is 45.5 Å². The van der Waals surface area contributed by atoms with Gasteiger partial charge in [-0.15, -0.1) is 0 Å². The average Bonchev–Trinajstić information content (AvgIpc) is 3.35. The van der Waals surface area contributed by atoms with Crippen LogP contribution in [-0.2, 0) is 0 Å². The minimum Gasteiger partial charge on any atom is -0.272 e. The van der Waals surface area contributed by atoms with Crippen LogP contribution < -0.4 is 5.43 Å². The molecule has 0 aliphatic heterocycles. The van der Waals surface area contributed by atoms with Crippen LogP contribution in [0.5, 0.6) is 0 Å². The van der Waals surface area contributed by atoms with Gasteiger partial charge in [0, 0.05) is 27.5 Å². The highest BCUT2D eigenvalue weighted by Gasteiger charge is 2.82. The second-order valence-corrected chi connectivity index (χ2v) is 9.67. The summed E-state index contributed by atoms with van der Waals surface area (Å²) in [5, 5.41) is 26.8. The number of nitro benzene ring substituents is 2. The van der Waals surface area contributed by atoms with Crippen LogP contribution in [-0.4, -0.2) is 19.5 Å². The number of alkyl halides is 1. The molecule has 6 fully saturated rings. The lowest BCUT2D eigenvalue weighted by molar-refractivity contribution is -0.393. The zero-order valence-corrected chi connectivity index (χ0v) is 15.6. The molecule has 9 atom stereocenters. The molecule has 0 spiro atoms.